The highest BCUT2D eigenvalue weighted by atomic mass is 35.5. The predicted octanol–water partition coefficient (Wildman–Crippen LogP) is 2.63. The Labute approximate surface area is 141 Å². The summed E-state index contributed by atoms with van der Waals surface area (Å²) in [7, 11) is 0. The van der Waals surface area contributed by atoms with Crippen LogP contribution in [0.4, 0.5) is 0 Å². The van der Waals surface area contributed by atoms with Crippen LogP contribution in [0.1, 0.15) is 31.7 Å². The van der Waals surface area contributed by atoms with Gasteiger partial charge in [-0.25, -0.2) is 0 Å². The number of carbonyl (C=O) groups is 2. The lowest BCUT2D eigenvalue weighted by Crippen LogP contribution is -2.42. The number of halogens is 1. The minimum absolute atomic E-state index is 0.0128. The summed E-state index contributed by atoms with van der Waals surface area (Å²) in [5, 5.41) is 9.72. The number of carboxylic acids is 1. The molecule has 1 unspecified atom stereocenters. The van der Waals surface area contributed by atoms with Gasteiger partial charge in [0.15, 0.2) is 0 Å². The third kappa shape index (κ3) is 5.52. The molecule has 1 aromatic rings. The molecule has 0 saturated carbocycles. The van der Waals surface area contributed by atoms with Gasteiger partial charge in [0.25, 0.3) is 0 Å². The third-order valence-corrected chi connectivity index (χ3v) is 4.51. The third-order valence-electron chi connectivity index (χ3n) is 4.26. The summed E-state index contributed by atoms with van der Waals surface area (Å²) in [6.45, 7) is 3.90. The van der Waals surface area contributed by atoms with Crippen molar-refractivity contribution in [3.05, 3.63) is 34.9 Å². The molecule has 1 atom stereocenters. The lowest BCUT2D eigenvalue weighted by Gasteiger charge is -2.29. The van der Waals surface area contributed by atoms with Crippen molar-refractivity contribution in [3.8, 4) is 0 Å². The number of carbonyl (C=O) groups excluding carboxylic acids is 1. The Kier molecular flexibility index (Phi) is 6.42. The maximum atomic E-state index is 11.7. The first-order valence-corrected chi connectivity index (χ1v) is 8.29. The summed E-state index contributed by atoms with van der Waals surface area (Å²) in [4.78, 5) is 26.5. The van der Waals surface area contributed by atoms with Crippen LogP contribution < -0.4 is 0 Å². The van der Waals surface area contributed by atoms with E-state index < -0.39 is 5.97 Å². The van der Waals surface area contributed by atoms with Gasteiger partial charge in [-0.05, 0) is 43.5 Å². The van der Waals surface area contributed by atoms with Gasteiger partial charge in [0.1, 0.15) is 6.54 Å². The van der Waals surface area contributed by atoms with E-state index in [-0.39, 0.29) is 18.5 Å². The first-order valence-electron chi connectivity index (χ1n) is 7.91. The summed E-state index contributed by atoms with van der Waals surface area (Å²) in [6.07, 6.45) is 2.62. The molecule has 0 aromatic heterocycles. The number of hydrogen-bond donors (Lipinski definition) is 1. The number of aliphatic carboxylic acids is 1. The number of rotatable bonds is 5. The molecule has 0 radical (unpaired) electrons. The normalized spacial score (nSPS) is 19.1. The van der Waals surface area contributed by atoms with Crippen LogP contribution in [0.2, 0.25) is 5.02 Å². The van der Waals surface area contributed by atoms with E-state index in [0.29, 0.717) is 0 Å². The molecule has 6 heteroatoms. The molecule has 2 rings (SSSR count). The fraction of sp³-hybridized carbons (Fsp3) is 0.529. The largest absolute Gasteiger partial charge is 0.480 e. The molecule has 1 amide bonds. The second-order valence-electron chi connectivity index (χ2n) is 6.03. The summed E-state index contributed by atoms with van der Waals surface area (Å²) < 4.78 is 0. The molecule has 1 saturated heterocycles. The monoisotopic (exact) mass is 338 g/mol. The van der Waals surface area contributed by atoms with Gasteiger partial charge in [-0.15, -0.1) is 0 Å². The first kappa shape index (κ1) is 17.8. The summed E-state index contributed by atoms with van der Waals surface area (Å²) in [5.74, 6) is -1.12. The van der Waals surface area contributed by atoms with Crippen LogP contribution in [-0.2, 0) is 16.1 Å². The van der Waals surface area contributed by atoms with Gasteiger partial charge in [0, 0.05) is 31.1 Å². The molecule has 5 nitrogen and oxygen atoms in total. The first-order chi connectivity index (χ1) is 11.0. The van der Waals surface area contributed by atoms with Crippen LogP contribution in [0.5, 0.6) is 0 Å². The van der Waals surface area contributed by atoms with Crippen LogP contribution in [-0.4, -0.2) is 52.5 Å². The highest BCUT2D eigenvalue weighted by molar-refractivity contribution is 6.30. The second kappa shape index (κ2) is 8.31. The maximum Gasteiger partial charge on any atom is 0.323 e. The zero-order valence-corrected chi connectivity index (χ0v) is 14.1. The lowest BCUT2D eigenvalue weighted by molar-refractivity contribution is -0.145. The fourth-order valence-corrected chi connectivity index (χ4v) is 3.23. The molecule has 1 aromatic carbocycles. The topological polar surface area (TPSA) is 60.9 Å². The maximum absolute atomic E-state index is 11.7. The molecule has 1 heterocycles. The highest BCUT2D eigenvalue weighted by Crippen LogP contribution is 2.19. The lowest BCUT2D eigenvalue weighted by atomic mass is 10.1. The van der Waals surface area contributed by atoms with Gasteiger partial charge in [0.05, 0.1) is 0 Å². The van der Waals surface area contributed by atoms with Gasteiger partial charge in [-0.3, -0.25) is 14.5 Å². The smallest absolute Gasteiger partial charge is 0.323 e. The van der Waals surface area contributed by atoms with E-state index in [1.807, 2.05) is 24.3 Å². The molecule has 23 heavy (non-hydrogen) atoms. The predicted molar refractivity (Wildman–Crippen MR) is 89.4 cm³/mol. The zero-order valence-electron chi connectivity index (χ0n) is 13.4. The Balaban J connectivity index is 1.94. The Morgan fingerprint density at radius 1 is 1.26 bits per heavy atom. The summed E-state index contributed by atoms with van der Waals surface area (Å²) in [5.41, 5.74) is 1.21. The van der Waals surface area contributed by atoms with E-state index in [1.54, 1.807) is 0 Å². The number of hydrogen-bond acceptors (Lipinski definition) is 3. The standard InChI is InChI=1S/C17H23ClN2O3/c1-13(21)20(12-17(22)23)16-3-2-9-19(10-8-16)11-14-4-6-15(18)7-5-14/h4-7,16H,2-3,8-12H2,1H3,(H,22,23). The Hall–Kier alpha value is -1.59. The van der Waals surface area contributed by atoms with Crippen LogP contribution in [0.3, 0.4) is 0 Å². The summed E-state index contributed by atoms with van der Waals surface area (Å²) in [6, 6.07) is 7.84. The molecule has 0 aliphatic carbocycles. The van der Waals surface area contributed by atoms with Crippen molar-refractivity contribution < 1.29 is 14.7 Å². The quantitative estimate of drug-likeness (QED) is 0.896. The molecule has 1 aliphatic heterocycles. The Morgan fingerprint density at radius 3 is 2.57 bits per heavy atom. The molecule has 1 fully saturated rings. The van der Waals surface area contributed by atoms with E-state index in [1.165, 1.54) is 17.4 Å². The zero-order chi connectivity index (χ0) is 16.8. The summed E-state index contributed by atoms with van der Waals surface area (Å²) >= 11 is 5.91. The number of carboxylic acid groups (broad SMARTS) is 1. The molecular formula is C17H23ClN2O3. The van der Waals surface area contributed by atoms with Crippen LogP contribution in [0.25, 0.3) is 0 Å². The van der Waals surface area contributed by atoms with E-state index in [2.05, 4.69) is 4.90 Å². The molecule has 0 spiro atoms. The van der Waals surface area contributed by atoms with Crippen LogP contribution in [0, 0.1) is 0 Å². The van der Waals surface area contributed by atoms with Crippen molar-refractivity contribution in [1.82, 2.24) is 9.80 Å². The molecule has 0 bridgehead atoms. The minimum Gasteiger partial charge on any atom is -0.480 e. The van der Waals surface area contributed by atoms with E-state index in [9.17, 15) is 9.59 Å². The number of amides is 1. The van der Waals surface area contributed by atoms with Crippen molar-refractivity contribution in [1.29, 1.82) is 0 Å². The molecule has 1 aliphatic rings. The van der Waals surface area contributed by atoms with Crippen molar-refractivity contribution >= 4 is 23.5 Å². The average molecular weight is 339 g/mol. The second-order valence-corrected chi connectivity index (χ2v) is 6.46. The molecule has 1 N–H and O–H groups in total. The molecule has 126 valence electrons. The van der Waals surface area contributed by atoms with Gasteiger partial charge in [0.2, 0.25) is 5.91 Å². The van der Waals surface area contributed by atoms with E-state index >= 15 is 0 Å². The Morgan fingerprint density at radius 2 is 1.96 bits per heavy atom. The Bertz CT molecular complexity index is 547. The van der Waals surface area contributed by atoms with E-state index in [4.69, 9.17) is 16.7 Å². The van der Waals surface area contributed by atoms with Crippen molar-refractivity contribution in [3.63, 3.8) is 0 Å². The van der Waals surface area contributed by atoms with Crippen LogP contribution in [0.15, 0.2) is 24.3 Å². The van der Waals surface area contributed by atoms with E-state index in [0.717, 1.165) is 43.9 Å². The SMILES string of the molecule is CC(=O)N(CC(=O)O)C1CCCN(Cc2ccc(Cl)cc2)CC1. The molecular weight excluding hydrogens is 316 g/mol. The van der Waals surface area contributed by atoms with Crippen molar-refractivity contribution in [2.75, 3.05) is 19.6 Å². The van der Waals surface area contributed by atoms with Crippen LogP contribution >= 0.6 is 11.6 Å². The average Bonchev–Trinajstić information content (AvgIpc) is 2.72. The number of nitrogens with zero attached hydrogens (tertiary/aromatic N) is 2. The van der Waals surface area contributed by atoms with Crippen molar-refractivity contribution in [2.24, 2.45) is 0 Å². The van der Waals surface area contributed by atoms with Gasteiger partial charge in [-0.1, -0.05) is 23.7 Å². The van der Waals surface area contributed by atoms with Gasteiger partial charge < -0.3 is 10.0 Å². The number of benzene rings is 1. The minimum atomic E-state index is -0.956. The number of likely N-dealkylation sites (tertiary alicyclic amines) is 1. The van der Waals surface area contributed by atoms with Gasteiger partial charge >= 0.3 is 5.97 Å². The van der Waals surface area contributed by atoms with Crippen molar-refractivity contribution in [2.45, 2.75) is 38.8 Å². The fourth-order valence-electron chi connectivity index (χ4n) is 3.10. The van der Waals surface area contributed by atoms with Gasteiger partial charge in [-0.2, -0.15) is 0 Å². The highest BCUT2D eigenvalue weighted by Gasteiger charge is 2.26.